The van der Waals surface area contributed by atoms with Crippen LogP contribution < -0.4 is 5.73 Å². The molecule has 0 heterocycles. The number of likely N-dealkylation sites (N-methyl/N-ethyl adjacent to an activating group) is 1. The molecule has 0 aliphatic heterocycles. The fourth-order valence-corrected chi connectivity index (χ4v) is 3.50. The minimum absolute atomic E-state index is 0.0143. The van der Waals surface area contributed by atoms with Gasteiger partial charge in [-0.15, -0.1) is 0 Å². The predicted molar refractivity (Wildman–Crippen MR) is 89.3 cm³/mol. The molecule has 1 saturated carbocycles. The van der Waals surface area contributed by atoms with E-state index >= 15 is 0 Å². The van der Waals surface area contributed by atoms with Crippen molar-refractivity contribution in [2.24, 2.45) is 5.73 Å². The van der Waals surface area contributed by atoms with Crippen LogP contribution in [0.2, 0.25) is 0 Å². The number of nitrogens with two attached hydrogens (primary N) is 1. The van der Waals surface area contributed by atoms with Gasteiger partial charge in [0.15, 0.2) is 0 Å². The molecule has 4 heteroatoms. The van der Waals surface area contributed by atoms with Crippen LogP contribution in [-0.2, 0) is 4.79 Å². The first-order valence-corrected chi connectivity index (χ1v) is 8.90. The Morgan fingerprint density at radius 1 is 1.14 bits per heavy atom. The third-order valence-electron chi connectivity index (χ3n) is 4.84. The van der Waals surface area contributed by atoms with Gasteiger partial charge < -0.3 is 10.6 Å². The molecule has 0 saturated heterocycles. The van der Waals surface area contributed by atoms with E-state index in [4.69, 9.17) is 5.73 Å². The van der Waals surface area contributed by atoms with Crippen molar-refractivity contribution in [1.29, 1.82) is 0 Å². The predicted octanol–water partition coefficient (Wildman–Crippen LogP) is 2.62. The minimum atomic E-state index is -0.0143. The Morgan fingerprint density at radius 2 is 1.71 bits per heavy atom. The number of carbonyl (C=O) groups is 1. The molecule has 1 fully saturated rings. The molecule has 0 aromatic rings. The van der Waals surface area contributed by atoms with E-state index in [-0.39, 0.29) is 11.9 Å². The maximum absolute atomic E-state index is 12.7. The van der Waals surface area contributed by atoms with Gasteiger partial charge in [-0.2, -0.15) is 0 Å². The topological polar surface area (TPSA) is 49.6 Å². The molecule has 0 spiro atoms. The van der Waals surface area contributed by atoms with Crippen molar-refractivity contribution >= 4 is 5.91 Å². The van der Waals surface area contributed by atoms with Crippen molar-refractivity contribution in [1.82, 2.24) is 9.80 Å². The summed E-state index contributed by atoms with van der Waals surface area (Å²) in [4.78, 5) is 17.1. The molecular formula is C17H35N3O. The molecule has 21 heavy (non-hydrogen) atoms. The van der Waals surface area contributed by atoms with Crippen LogP contribution in [0, 0.1) is 0 Å². The quantitative estimate of drug-likeness (QED) is 0.701. The Labute approximate surface area is 131 Å². The van der Waals surface area contributed by atoms with Gasteiger partial charge in [0.25, 0.3) is 0 Å². The maximum atomic E-state index is 12.7. The number of nitrogens with zero attached hydrogens (tertiary/aromatic N) is 2. The SMILES string of the molecule is CCN(CC)C(=O)C(C)N(CCCN)C1CCCCCC1. The van der Waals surface area contributed by atoms with Crippen LogP contribution in [0.25, 0.3) is 0 Å². The van der Waals surface area contributed by atoms with Crippen molar-refractivity contribution in [2.45, 2.75) is 77.8 Å². The van der Waals surface area contributed by atoms with Gasteiger partial charge in [0.1, 0.15) is 0 Å². The first kappa shape index (κ1) is 18.4. The van der Waals surface area contributed by atoms with E-state index in [1.807, 2.05) is 4.90 Å². The zero-order valence-corrected chi connectivity index (χ0v) is 14.3. The Balaban J connectivity index is 2.76. The minimum Gasteiger partial charge on any atom is -0.342 e. The standard InChI is InChI=1S/C17H35N3O/c1-4-19(5-2)17(21)15(3)20(14-10-13-18)16-11-8-6-7-9-12-16/h15-16H,4-14,18H2,1-3H3. The number of carbonyl (C=O) groups excluding carboxylic acids is 1. The fourth-order valence-electron chi connectivity index (χ4n) is 3.50. The van der Waals surface area contributed by atoms with E-state index in [0.29, 0.717) is 12.6 Å². The van der Waals surface area contributed by atoms with Gasteiger partial charge >= 0.3 is 0 Å². The first-order chi connectivity index (χ1) is 10.2. The molecule has 0 radical (unpaired) electrons. The second-order valence-electron chi connectivity index (χ2n) is 6.21. The van der Waals surface area contributed by atoms with Gasteiger partial charge in [0.2, 0.25) is 5.91 Å². The Morgan fingerprint density at radius 3 is 2.19 bits per heavy atom. The highest BCUT2D eigenvalue weighted by atomic mass is 16.2. The number of hydrogen-bond donors (Lipinski definition) is 1. The lowest BCUT2D eigenvalue weighted by Gasteiger charge is -2.37. The molecule has 1 atom stereocenters. The molecule has 0 aromatic heterocycles. The summed E-state index contributed by atoms with van der Waals surface area (Å²) in [5.41, 5.74) is 5.70. The van der Waals surface area contributed by atoms with E-state index in [1.54, 1.807) is 0 Å². The molecule has 1 unspecified atom stereocenters. The normalized spacial score (nSPS) is 18.5. The van der Waals surface area contributed by atoms with Crippen LogP contribution in [0.3, 0.4) is 0 Å². The van der Waals surface area contributed by atoms with Crippen molar-refractivity contribution in [2.75, 3.05) is 26.2 Å². The zero-order valence-electron chi connectivity index (χ0n) is 14.3. The van der Waals surface area contributed by atoms with Crippen molar-refractivity contribution < 1.29 is 4.79 Å². The van der Waals surface area contributed by atoms with E-state index < -0.39 is 0 Å². The molecule has 1 aliphatic carbocycles. The van der Waals surface area contributed by atoms with Gasteiger partial charge in [0.05, 0.1) is 6.04 Å². The molecule has 4 nitrogen and oxygen atoms in total. The van der Waals surface area contributed by atoms with E-state index in [0.717, 1.165) is 26.1 Å². The Hall–Kier alpha value is -0.610. The van der Waals surface area contributed by atoms with Crippen molar-refractivity contribution in [3.05, 3.63) is 0 Å². The van der Waals surface area contributed by atoms with Crippen molar-refractivity contribution in [3.8, 4) is 0 Å². The number of amides is 1. The summed E-state index contributed by atoms with van der Waals surface area (Å²) in [5, 5.41) is 0. The highest BCUT2D eigenvalue weighted by molar-refractivity contribution is 5.81. The lowest BCUT2D eigenvalue weighted by atomic mass is 10.0. The van der Waals surface area contributed by atoms with Crippen LogP contribution in [0.4, 0.5) is 0 Å². The Kier molecular flexibility index (Phi) is 8.93. The second kappa shape index (κ2) is 10.2. The lowest BCUT2D eigenvalue weighted by molar-refractivity contribution is -0.137. The van der Waals surface area contributed by atoms with Gasteiger partial charge in [-0.1, -0.05) is 25.7 Å². The largest absolute Gasteiger partial charge is 0.342 e. The van der Waals surface area contributed by atoms with Gasteiger partial charge in [-0.05, 0) is 46.6 Å². The monoisotopic (exact) mass is 297 g/mol. The molecule has 1 rings (SSSR count). The summed E-state index contributed by atoms with van der Waals surface area (Å²) < 4.78 is 0. The summed E-state index contributed by atoms with van der Waals surface area (Å²) in [5.74, 6) is 0.279. The summed E-state index contributed by atoms with van der Waals surface area (Å²) in [7, 11) is 0. The highest BCUT2D eigenvalue weighted by Gasteiger charge is 2.29. The lowest BCUT2D eigenvalue weighted by Crippen LogP contribution is -2.51. The fraction of sp³-hybridized carbons (Fsp3) is 0.941. The van der Waals surface area contributed by atoms with E-state index in [9.17, 15) is 4.79 Å². The average Bonchev–Trinajstić information content (AvgIpc) is 2.77. The third-order valence-corrected chi connectivity index (χ3v) is 4.84. The van der Waals surface area contributed by atoms with Crippen LogP contribution in [-0.4, -0.2) is 54.0 Å². The van der Waals surface area contributed by atoms with Gasteiger partial charge in [-0.3, -0.25) is 9.69 Å². The average molecular weight is 297 g/mol. The van der Waals surface area contributed by atoms with Gasteiger partial charge in [0, 0.05) is 25.7 Å². The van der Waals surface area contributed by atoms with E-state index in [1.165, 1.54) is 38.5 Å². The summed E-state index contributed by atoms with van der Waals surface area (Å²) in [6, 6.07) is 0.549. The highest BCUT2D eigenvalue weighted by Crippen LogP contribution is 2.24. The molecular weight excluding hydrogens is 262 g/mol. The Bertz CT molecular complexity index is 284. The van der Waals surface area contributed by atoms with Crippen LogP contribution in [0.5, 0.6) is 0 Å². The molecule has 1 aliphatic rings. The van der Waals surface area contributed by atoms with Crippen LogP contribution in [0.1, 0.15) is 65.7 Å². The van der Waals surface area contributed by atoms with Crippen molar-refractivity contribution in [3.63, 3.8) is 0 Å². The summed E-state index contributed by atoms with van der Waals surface area (Å²) in [6.07, 6.45) is 8.75. The molecule has 0 bridgehead atoms. The van der Waals surface area contributed by atoms with Crippen LogP contribution in [0.15, 0.2) is 0 Å². The smallest absolute Gasteiger partial charge is 0.239 e. The van der Waals surface area contributed by atoms with Gasteiger partial charge in [-0.25, -0.2) is 0 Å². The maximum Gasteiger partial charge on any atom is 0.239 e. The third kappa shape index (κ3) is 5.59. The van der Waals surface area contributed by atoms with Crippen LogP contribution >= 0.6 is 0 Å². The molecule has 1 amide bonds. The summed E-state index contributed by atoms with van der Waals surface area (Å²) in [6.45, 7) is 9.46. The number of rotatable bonds is 8. The second-order valence-corrected chi connectivity index (χ2v) is 6.21. The molecule has 0 aromatic carbocycles. The summed E-state index contributed by atoms with van der Waals surface area (Å²) >= 11 is 0. The zero-order chi connectivity index (χ0) is 15.7. The number of hydrogen-bond acceptors (Lipinski definition) is 3. The van der Waals surface area contributed by atoms with E-state index in [2.05, 4.69) is 25.7 Å². The molecule has 124 valence electrons. The molecule has 2 N–H and O–H groups in total. The first-order valence-electron chi connectivity index (χ1n) is 8.90.